The molecule has 1 fully saturated rings. The normalized spacial score (nSPS) is 14.8. The number of hydrogen-bond acceptors (Lipinski definition) is 10. The number of nitrogens with one attached hydrogen (secondary N) is 1. The summed E-state index contributed by atoms with van der Waals surface area (Å²) in [7, 11) is -2.13. The Bertz CT molecular complexity index is 1210. The first-order valence-corrected chi connectivity index (χ1v) is 11.8. The Morgan fingerprint density at radius 1 is 1.30 bits per heavy atom. The summed E-state index contributed by atoms with van der Waals surface area (Å²) in [6.07, 6.45) is 2.61. The third-order valence-corrected chi connectivity index (χ3v) is 6.25. The van der Waals surface area contributed by atoms with E-state index in [1.165, 1.54) is 18.4 Å². The van der Waals surface area contributed by atoms with Crippen molar-refractivity contribution in [3.8, 4) is 22.9 Å². The van der Waals surface area contributed by atoms with Gasteiger partial charge in [-0.3, -0.25) is 4.72 Å². The zero-order chi connectivity index (χ0) is 21.5. The average molecular weight is 452 g/mol. The maximum Gasteiger partial charge on any atom is 0.238 e. The predicted octanol–water partition coefficient (Wildman–Crippen LogP) is 1.98. The van der Waals surface area contributed by atoms with Crippen LogP contribution in [0.2, 0.25) is 0 Å². The second kappa shape index (κ2) is 7.85. The molecule has 160 valence electrons. The van der Waals surface area contributed by atoms with Gasteiger partial charge >= 0.3 is 0 Å². The fourth-order valence-corrected chi connectivity index (χ4v) is 4.73. The number of aromatic hydroxyl groups is 1. The molecule has 1 aliphatic rings. The van der Waals surface area contributed by atoms with Gasteiger partial charge in [-0.25, -0.2) is 23.4 Å². The highest BCUT2D eigenvalue weighted by Crippen LogP contribution is 2.41. The summed E-state index contributed by atoms with van der Waals surface area (Å²) in [6, 6.07) is 1.61. The number of aromatic nitrogens is 3. The molecule has 0 atom stereocenters. The molecule has 4 rings (SSSR count). The van der Waals surface area contributed by atoms with Gasteiger partial charge < -0.3 is 19.5 Å². The van der Waals surface area contributed by atoms with E-state index < -0.39 is 10.0 Å². The van der Waals surface area contributed by atoms with Crippen molar-refractivity contribution in [3.05, 3.63) is 17.1 Å². The minimum Gasteiger partial charge on any atom is -0.505 e. The van der Waals surface area contributed by atoms with Crippen LogP contribution in [0.4, 0.5) is 11.6 Å². The molecule has 4 heterocycles. The maximum atomic E-state index is 11.8. The van der Waals surface area contributed by atoms with Gasteiger partial charge in [0.05, 0.1) is 37.0 Å². The van der Waals surface area contributed by atoms with E-state index >= 15 is 0 Å². The molecule has 0 aromatic carbocycles. The lowest BCUT2D eigenvalue weighted by Gasteiger charge is -2.27. The maximum absolute atomic E-state index is 11.8. The number of methoxy groups -OCH3 is 1. The van der Waals surface area contributed by atoms with E-state index in [4.69, 9.17) is 14.5 Å². The van der Waals surface area contributed by atoms with Gasteiger partial charge in [-0.05, 0) is 13.0 Å². The smallest absolute Gasteiger partial charge is 0.238 e. The first-order valence-electron chi connectivity index (χ1n) is 9.12. The van der Waals surface area contributed by atoms with E-state index in [0.717, 1.165) is 11.1 Å². The first kappa shape index (κ1) is 20.6. The predicted molar refractivity (Wildman–Crippen MR) is 115 cm³/mol. The highest BCUT2D eigenvalue weighted by molar-refractivity contribution is 7.92. The van der Waals surface area contributed by atoms with Crippen LogP contribution < -0.4 is 14.4 Å². The first-order chi connectivity index (χ1) is 14.3. The molecule has 2 N–H and O–H groups in total. The minimum atomic E-state index is -3.54. The Hall–Kier alpha value is -2.70. The number of aryl methyl sites for hydroxylation is 1. The summed E-state index contributed by atoms with van der Waals surface area (Å²) in [5.74, 6) is 0.736. The summed E-state index contributed by atoms with van der Waals surface area (Å²) in [4.78, 5) is 16.3. The molecule has 0 aliphatic carbocycles. The van der Waals surface area contributed by atoms with Crippen molar-refractivity contribution in [2.45, 2.75) is 6.92 Å². The fraction of sp³-hybridized carbons (Fsp3) is 0.389. The van der Waals surface area contributed by atoms with E-state index in [-0.39, 0.29) is 17.3 Å². The molecule has 12 heteroatoms. The van der Waals surface area contributed by atoms with Gasteiger partial charge in [0.2, 0.25) is 21.9 Å². The lowest BCUT2D eigenvalue weighted by atomic mass is 10.1. The van der Waals surface area contributed by atoms with Crippen molar-refractivity contribution in [1.82, 2.24) is 15.0 Å². The minimum absolute atomic E-state index is 0.115. The van der Waals surface area contributed by atoms with Crippen LogP contribution in [-0.4, -0.2) is 68.1 Å². The molecule has 0 amide bonds. The van der Waals surface area contributed by atoms with Gasteiger partial charge in [0.1, 0.15) is 11.2 Å². The molecule has 3 aromatic rings. The number of nitrogens with zero attached hydrogens (tertiary/aromatic N) is 4. The molecular weight excluding hydrogens is 430 g/mol. The van der Waals surface area contributed by atoms with E-state index in [0.29, 0.717) is 53.7 Å². The van der Waals surface area contributed by atoms with E-state index in [1.54, 1.807) is 12.3 Å². The SMILES string of the molecule is COc1ncc(-c2nc(N3CCOCC3)nc3c(O)c(C)sc23)cc1NS(C)(=O)=O. The number of sulfonamides is 1. The average Bonchev–Trinajstić information content (AvgIpc) is 3.01. The number of morpholine rings is 1. The van der Waals surface area contributed by atoms with Crippen LogP contribution in [0.1, 0.15) is 4.88 Å². The zero-order valence-corrected chi connectivity index (χ0v) is 18.3. The van der Waals surface area contributed by atoms with Crippen molar-refractivity contribution in [1.29, 1.82) is 0 Å². The molecule has 0 radical (unpaired) electrons. The molecule has 0 bridgehead atoms. The van der Waals surface area contributed by atoms with Crippen LogP contribution in [0, 0.1) is 6.92 Å². The van der Waals surface area contributed by atoms with E-state index in [1.807, 2.05) is 11.8 Å². The van der Waals surface area contributed by atoms with Crippen LogP contribution in [0.15, 0.2) is 12.3 Å². The fourth-order valence-electron chi connectivity index (χ4n) is 3.18. The third-order valence-electron chi connectivity index (χ3n) is 4.57. The lowest BCUT2D eigenvalue weighted by Crippen LogP contribution is -2.37. The van der Waals surface area contributed by atoms with Crippen molar-refractivity contribution < 1.29 is 23.0 Å². The van der Waals surface area contributed by atoms with Gasteiger partial charge in [0, 0.05) is 29.7 Å². The van der Waals surface area contributed by atoms with Gasteiger partial charge in [0.15, 0.2) is 5.75 Å². The number of rotatable bonds is 5. The lowest BCUT2D eigenvalue weighted by molar-refractivity contribution is 0.122. The number of pyridine rings is 1. The van der Waals surface area contributed by atoms with Gasteiger partial charge in [-0.2, -0.15) is 0 Å². The summed E-state index contributed by atoms with van der Waals surface area (Å²) in [5, 5.41) is 10.5. The Morgan fingerprint density at radius 2 is 2.03 bits per heavy atom. The number of hydrogen-bond donors (Lipinski definition) is 2. The second-order valence-corrected chi connectivity index (χ2v) is 9.78. The Balaban J connectivity index is 1.91. The van der Waals surface area contributed by atoms with Crippen molar-refractivity contribution in [3.63, 3.8) is 0 Å². The van der Waals surface area contributed by atoms with Crippen LogP contribution in [0.25, 0.3) is 21.5 Å². The Morgan fingerprint density at radius 3 is 2.70 bits per heavy atom. The third kappa shape index (κ3) is 3.98. The highest BCUT2D eigenvalue weighted by Gasteiger charge is 2.22. The topological polar surface area (TPSA) is 127 Å². The largest absolute Gasteiger partial charge is 0.505 e. The molecule has 0 spiro atoms. The van der Waals surface area contributed by atoms with E-state index in [2.05, 4.69) is 14.7 Å². The zero-order valence-electron chi connectivity index (χ0n) is 16.7. The molecule has 1 saturated heterocycles. The Labute approximate surface area is 177 Å². The molecule has 0 saturated carbocycles. The van der Waals surface area contributed by atoms with Gasteiger partial charge in [-0.1, -0.05) is 0 Å². The van der Waals surface area contributed by atoms with Crippen molar-refractivity contribution in [2.24, 2.45) is 0 Å². The molecule has 3 aromatic heterocycles. The van der Waals surface area contributed by atoms with Crippen molar-refractivity contribution >= 4 is 43.2 Å². The molecule has 1 aliphatic heterocycles. The Kier molecular flexibility index (Phi) is 5.38. The summed E-state index contributed by atoms with van der Waals surface area (Å²) in [5.41, 5.74) is 1.79. The van der Waals surface area contributed by atoms with Crippen LogP contribution in [0.5, 0.6) is 11.6 Å². The monoisotopic (exact) mass is 451 g/mol. The second-order valence-electron chi connectivity index (χ2n) is 6.81. The van der Waals surface area contributed by atoms with Crippen molar-refractivity contribution in [2.75, 3.05) is 49.3 Å². The van der Waals surface area contributed by atoms with Gasteiger partial charge in [0.25, 0.3) is 0 Å². The van der Waals surface area contributed by atoms with Crippen LogP contribution in [-0.2, 0) is 14.8 Å². The quantitative estimate of drug-likeness (QED) is 0.598. The number of ether oxygens (including phenoxy) is 2. The number of fused-ring (bicyclic) bond motifs is 1. The standard InChI is InChI=1S/C18H21N5O5S2/c1-10-15(24)14-16(29-10)13(20-18(21-14)23-4-6-28-7-5-23)11-8-12(22-30(3,25)26)17(27-2)19-9-11/h8-9,22,24H,4-7H2,1-3H3. The molecule has 30 heavy (non-hydrogen) atoms. The summed E-state index contributed by atoms with van der Waals surface area (Å²) < 4.78 is 37.2. The molecule has 0 unspecified atom stereocenters. The van der Waals surface area contributed by atoms with Crippen LogP contribution >= 0.6 is 11.3 Å². The van der Waals surface area contributed by atoms with Crippen LogP contribution in [0.3, 0.4) is 0 Å². The number of thiophene rings is 1. The number of anilines is 2. The van der Waals surface area contributed by atoms with Gasteiger partial charge in [-0.15, -0.1) is 11.3 Å². The summed E-state index contributed by atoms with van der Waals surface area (Å²) >= 11 is 1.37. The highest BCUT2D eigenvalue weighted by atomic mass is 32.2. The molecule has 10 nitrogen and oxygen atoms in total. The molecular formula is C18H21N5O5S2. The summed E-state index contributed by atoms with van der Waals surface area (Å²) in [6.45, 7) is 4.21. The van der Waals surface area contributed by atoms with E-state index in [9.17, 15) is 13.5 Å².